The van der Waals surface area contributed by atoms with Gasteiger partial charge in [0.15, 0.2) is 0 Å². The fourth-order valence-electron chi connectivity index (χ4n) is 4.54. The van der Waals surface area contributed by atoms with E-state index in [1.165, 1.54) is 16.9 Å². The number of fused-ring (bicyclic) bond motifs is 1. The Morgan fingerprint density at radius 2 is 2.00 bits per heavy atom. The average Bonchev–Trinajstić information content (AvgIpc) is 3.62. The van der Waals surface area contributed by atoms with Crippen molar-refractivity contribution in [2.45, 2.75) is 39.5 Å². The highest BCUT2D eigenvalue weighted by atomic mass is 32.1. The first-order valence-electron chi connectivity index (χ1n) is 12.4. The van der Waals surface area contributed by atoms with E-state index in [1.807, 2.05) is 49.1 Å². The number of furan rings is 1. The maximum absolute atomic E-state index is 13.1. The second kappa shape index (κ2) is 11.0. The van der Waals surface area contributed by atoms with Gasteiger partial charge in [-0.2, -0.15) is 0 Å². The van der Waals surface area contributed by atoms with Gasteiger partial charge in [0, 0.05) is 17.8 Å². The molecule has 1 atom stereocenters. The van der Waals surface area contributed by atoms with Crippen molar-refractivity contribution in [3.05, 3.63) is 105 Å². The van der Waals surface area contributed by atoms with E-state index in [4.69, 9.17) is 9.15 Å². The van der Waals surface area contributed by atoms with E-state index in [0.717, 1.165) is 17.5 Å². The normalized spacial score (nSPS) is 14.9. The van der Waals surface area contributed by atoms with Crippen molar-refractivity contribution in [3.63, 3.8) is 0 Å². The first-order chi connectivity index (χ1) is 18.0. The van der Waals surface area contributed by atoms with Crippen molar-refractivity contribution < 1.29 is 18.7 Å². The zero-order valence-electron chi connectivity index (χ0n) is 20.8. The van der Waals surface area contributed by atoms with Gasteiger partial charge >= 0.3 is 0 Å². The van der Waals surface area contributed by atoms with Gasteiger partial charge in [0.2, 0.25) is 5.91 Å². The zero-order chi connectivity index (χ0) is 25.8. The number of hydrogen-bond acceptors (Lipinski definition) is 6. The van der Waals surface area contributed by atoms with Crippen LogP contribution in [0.15, 0.2) is 76.7 Å². The van der Waals surface area contributed by atoms with Gasteiger partial charge < -0.3 is 19.4 Å². The second-order valence-corrected chi connectivity index (χ2v) is 10.2. The standard InChI is InChI=1S/C29H29N3O4S/c1-19(2)29(34)32-13-12-20-10-11-22(15-24(20)27(32)21-7-4-3-5-8-21)36-17-26-31-25(18-37-26)28(33)30-16-23-9-6-14-35-23/h3-11,14-15,18-19,27H,12-13,16-17H2,1-2H3,(H,30,33)/t27-/m1/s1. The number of amides is 2. The quantitative estimate of drug-likeness (QED) is 0.341. The lowest BCUT2D eigenvalue weighted by atomic mass is 9.87. The Morgan fingerprint density at radius 3 is 2.76 bits per heavy atom. The molecule has 2 amide bonds. The van der Waals surface area contributed by atoms with Crippen molar-refractivity contribution in [2.75, 3.05) is 6.54 Å². The monoisotopic (exact) mass is 515 g/mol. The maximum atomic E-state index is 13.1. The third-order valence-electron chi connectivity index (χ3n) is 6.39. The molecule has 0 saturated heterocycles. The Kier molecular flexibility index (Phi) is 7.37. The molecular weight excluding hydrogens is 486 g/mol. The van der Waals surface area contributed by atoms with Gasteiger partial charge in [-0.05, 0) is 47.4 Å². The fourth-order valence-corrected chi connectivity index (χ4v) is 5.23. The third kappa shape index (κ3) is 5.59. The van der Waals surface area contributed by atoms with Gasteiger partial charge in [-0.15, -0.1) is 11.3 Å². The van der Waals surface area contributed by atoms with Crippen LogP contribution in [-0.4, -0.2) is 28.2 Å². The van der Waals surface area contributed by atoms with E-state index < -0.39 is 0 Å². The summed E-state index contributed by atoms with van der Waals surface area (Å²) in [6.07, 6.45) is 2.38. The number of rotatable bonds is 8. The van der Waals surface area contributed by atoms with E-state index >= 15 is 0 Å². The van der Waals surface area contributed by atoms with Crippen LogP contribution in [0, 0.1) is 5.92 Å². The molecule has 37 heavy (non-hydrogen) atoms. The first-order valence-corrected chi connectivity index (χ1v) is 13.2. The molecule has 0 aliphatic carbocycles. The summed E-state index contributed by atoms with van der Waals surface area (Å²) in [5.74, 6) is 1.20. The maximum Gasteiger partial charge on any atom is 0.271 e. The van der Waals surface area contributed by atoms with Gasteiger partial charge in [0.1, 0.15) is 28.8 Å². The molecule has 7 nitrogen and oxygen atoms in total. The average molecular weight is 516 g/mol. The molecule has 5 rings (SSSR count). The molecule has 1 aliphatic rings. The molecule has 0 saturated carbocycles. The Labute approximate surface area is 220 Å². The minimum absolute atomic E-state index is 0.0809. The fraction of sp³-hybridized carbons (Fsp3) is 0.276. The highest BCUT2D eigenvalue weighted by molar-refractivity contribution is 7.09. The molecule has 2 aromatic heterocycles. The Morgan fingerprint density at radius 1 is 1.16 bits per heavy atom. The number of carbonyl (C=O) groups excluding carboxylic acids is 2. The van der Waals surface area contributed by atoms with E-state index in [2.05, 4.69) is 28.5 Å². The lowest BCUT2D eigenvalue weighted by molar-refractivity contribution is -0.136. The molecule has 190 valence electrons. The van der Waals surface area contributed by atoms with Crippen molar-refractivity contribution in [1.82, 2.24) is 15.2 Å². The zero-order valence-corrected chi connectivity index (χ0v) is 21.7. The predicted molar refractivity (Wildman–Crippen MR) is 141 cm³/mol. The van der Waals surface area contributed by atoms with E-state index in [9.17, 15) is 9.59 Å². The second-order valence-electron chi connectivity index (χ2n) is 9.29. The lowest BCUT2D eigenvalue weighted by Crippen LogP contribution is -2.42. The number of ether oxygens (including phenoxy) is 1. The van der Waals surface area contributed by atoms with Gasteiger partial charge in [-0.25, -0.2) is 4.98 Å². The summed E-state index contributed by atoms with van der Waals surface area (Å²) in [4.78, 5) is 31.9. The van der Waals surface area contributed by atoms with Crippen molar-refractivity contribution in [3.8, 4) is 5.75 Å². The van der Waals surface area contributed by atoms with Crippen molar-refractivity contribution in [2.24, 2.45) is 5.92 Å². The van der Waals surface area contributed by atoms with E-state index in [1.54, 1.807) is 23.8 Å². The molecule has 2 aromatic carbocycles. The van der Waals surface area contributed by atoms with Crippen LogP contribution in [0.25, 0.3) is 0 Å². The summed E-state index contributed by atoms with van der Waals surface area (Å²) < 4.78 is 11.3. The summed E-state index contributed by atoms with van der Waals surface area (Å²) in [6.45, 7) is 5.13. The molecule has 1 N–H and O–H groups in total. The van der Waals surface area contributed by atoms with Gasteiger partial charge in [-0.1, -0.05) is 50.2 Å². The lowest BCUT2D eigenvalue weighted by Gasteiger charge is -2.39. The van der Waals surface area contributed by atoms with Crippen LogP contribution in [0.1, 0.15) is 57.8 Å². The van der Waals surface area contributed by atoms with Crippen LogP contribution in [0.2, 0.25) is 0 Å². The molecule has 8 heteroatoms. The van der Waals surface area contributed by atoms with Crippen molar-refractivity contribution in [1.29, 1.82) is 0 Å². The largest absolute Gasteiger partial charge is 0.486 e. The predicted octanol–water partition coefficient (Wildman–Crippen LogP) is 5.38. The molecular formula is C29H29N3O4S. The Hall–Kier alpha value is -3.91. The molecule has 0 unspecified atom stereocenters. The summed E-state index contributed by atoms with van der Waals surface area (Å²) in [5, 5.41) is 5.23. The number of benzene rings is 2. The van der Waals surface area contributed by atoms with Crippen LogP contribution < -0.4 is 10.1 Å². The number of hydrogen-bond donors (Lipinski definition) is 1. The molecule has 0 spiro atoms. The smallest absolute Gasteiger partial charge is 0.271 e. The number of carbonyl (C=O) groups is 2. The topological polar surface area (TPSA) is 84.7 Å². The van der Waals surface area contributed by atoms with Gasteiger partial charge in [-0.3, -0.25) is 9.59 Å². The van der Waals surface area contributed by atoms with Crippen LogP contribution in [0.5, 0.6) is 5.75 Å². The molecule has 0 fully saturated rings. The SMILES string of the molecule is CC(C)C(=O)N1CCc2ccc(OCc3nc(C(=O)NCc4ccco4)cs3)cc2[C@H]1c1ccccc1. The minimum atomic E-state index is -0.256. The van der Waals surface area contributed by atoms with Crippen molar-refractivity contribution >= 4 is 23.2 Å². The molecule has 3 heterocycles. The number of thiazole rings is 1. The third-order valence-corrected chi connectivity index (χ3v) is 7.21. The number of aromatic nitrogens is 1. The van der Waals surface area contributed by atoms with Gasteiger partial charge in [0.05, 0.1) is 18.8 Å². The molecule has 0 radical (unpaired) electrons. The van der Waals surface area contributed by atoms with Crippen LogP contribution in [0.4, 0.5) is 0 Å². The summed E-state index contributed by atoms with van der Waals surface area (Å²) in [5.41, 5.74) is 3.74. The highest BCUT2D eigenvalue weighted by Crippen LogP contribution is 2.38. The number of nitrogens with one attached hydrogen (secondary N) is 1. The van der Waals surface area contributed by atoms with Crippen LogP contribution in [-0.2, 0) is 24.4 Å². The van der Waals surface area contributed by atoms with Gasteiger partial charge in [0.25, 0.3) is 5.91 Å². The summed E-state index contributed by atoms with van der Waals surface area (Å²) in [6, 6.07) is 19.7. The van der Waals surface area contributed by atoms with Crippen LogP contribution in [0.3, 0.4) is 0 Å². The first kappa shape index (κ1) is 24.8. The minimum Gasteiger partial charge on any atom is -0.486 e. The highest BCUT2D eigenvalue weighted by Gasteiger charge is 2.33. The Bertz CT molecular complexity index is 1370. The van der Waals surface area contributed by atoms with Crippen LogP contribution >= 0.6 is 11.3 Å². The molecule has 4 aromatic rings. The Balaban J connectivity index is 1.31. The number of nitrogens with zero attached hydrogens (tertiary/aromatic N) is 2. The van der Waals surface area contributed by atoms with E-state index in [0.29, 0.717) is 35.3 Å². The summed E-state index contributed by atoms with van der Waals surface area (Å²) in [7, 11) is 0. The van der Waals surface area contributed by atoms with E-state index in [-0.39, 0.29) is 30.4 Å². The summed E-state index contributed by atoms with van der Waals surface area (Å²) >= 11 is 1.38. The molecule has 1 aliphatic heterocycles. The molecule has 0 bridgehead atoms.